The molecule has 4 nitrogen and oxygen atoms in total. The Hall–Kier alpha value is -1.07. The van der Waals surface area contributed by atoms with Gasteiger partial charge in [-0.3, -0.25) is 0 Å². The first-order valence-corrected chi connectivity index (χ1v) is 11.1. The Bertz CT molecular complexity index is 582. The topological polar surface area (TPSA) is 46.6 Å². The standard InChI is InChI=1S/C20H35NO3S/c1-18(2)25(22,23)16-9-7-5-6-8-11-19-12-10-13-20(17-19)24-15-14-21(3)4/h10,12-13,17-18H,5-9,11,14-16H2,1-4H3. The van der Waals surface area contributed by atoms with Gasteiger partial charge in [0.05, 0.1) is 11.0 Å². The number of ether oxygens (including phenoxy) is 1. The van der Waals surface area contributed by atoms with E-state index in [1.807, 2.05) is 20.2 Å². The molecule has 144 valence electrons. The van der Waals surface area contributed by atoms with Crippen LogP contribution in [0, 0.1) is 0 Å². The van der Waals surface area contributed by atoms with Gasteiger partial charge in [0, 0.05) is 6.54 Å². The number of benzene rings is 1. The summed E-state index contributed by atoms with van der Waals surface area (Å²) in [6.45, 7) is 5.13. The first-order chi connectivity index (χ1) is 11.8. The second kappa shape index (κ2) is 11.5. The average molecular weight is 370 g/mol. The molecule has 0 aliphatic carbocycles. The van der Waals surface area contributed by atoms with E-state index in [2.05, 4.69) is 23.1 Å². The number of nitrogens with zero attached hydrogens (tertiary/aromatic N) is 1. The molecule has 1 aromatic rings. The van der Waals surface area contributed by atoms with Crippen LogP contribution in [-0.2, 0) is 16.3 Å². The Morgan fingerprint density at radius 2 is 1.72 bits per heavy atom. The zero-order chi connectivity index (χ0) is 18.7. The third kappa shape index (κ3) is 9.85. The fraction of sp³-hybridized carbons (Fsp3) is 0.700. The highest BCUT2D eigenvalue weighted by atomic mass is 32.2. The molecule has 25 heavy (non-hydrogen) atoms. The van der Waals surface area contributed by atoms with E-state index in [0.29, 0.717) is 12.4 Å². The van der Waals surface area contributed by atoms with Crippen molar-refractivity contribution in [1.29, 1.82) is 0 Å². The summed E-state index contributed by atoms with van der Waals surface area (Å²) in [6, 6.07) is 8.34. The molecule has 1 aromatic carbocycles. The lowest BCUT2D eigenvalue weighted by molar-refractivity contribution is 0.261. The van der Waals surface area contributed by atoms with Crippen molar-refractivity contribution in [3.63, 3.8) is 0 Å². The minimum Gasteiger partial charge on any atom is -0.492 e. The van der Waals surface area contributed by atoms with Crippen LogP contribution in [0.5, 0.6) is 5.75 Å². The summed E-state index contributed by atoms with van der Waals surface area (Å²) in [5, 5.41) is -0.250. The minimum atomic E-state index is -2.87. The third-order valence-corrected chi connectivity index (χ3v) is 6.61. The van der Waals surface area contributed by atoms with Gasteiger partial charge in [-0.25, -0.2) is 8.42 Å². The van der Waals surface area contributed by atoms with Gasteiger partial charge in [-0.15, -0.1) is 0 Å². The van der Waals surface area contributed by atoms with Crippen LogP contribution in [0.4, 0.5) is 0 Å². The molecule has 0 unspecified atom stereocenters. The van der Waals surface area contributed by atoms with Crippen molar-refractivity contribution in [2.24, 2.45) is 0 Å². The van der Waals surface area contributed by atoms with E-state index in [4.69, 9.17) is 4.74 Å². The van der Waals surface area contributed by atoms with Crippen LogP contribution in [0.25, 0.3) is 0 Å². The van der Waals surface area contributed by atoms with E-state index in [9.17, 15) is 8.42 Å². The Labute approximate surface area is 154 Å². The van der Waals surface area contributed by atoms with Crippen molar-refractivity contribution in [1.82, 2.24) is 4.90 Å². The van der Waals surface area contributed by atoms with Crippen molar-refractivity contribution in [3.05, 3.63) is 29.8 Å². The Kier molecular flexibility index (Phi) is 10.1. The fourth-order valence-electron chi connectivity index (χ4n) is 2.54. The molecule has 5 heteroatoms. The van der Waals surface area contributed by atoms with Crippen LogP contribution in [0.15, 0.2) is 24.3 Å². The predicted octanol–water partition coefficient (Wildman–Crippen LogP) is 3.94. The molecule has 0 fully saturated rings. The van der Waals surface area contributed by atoms with E-state index in [1.165, 1.54) is 5.56 Å². The number of hydrogen-bond donors (Lipinski definition) is 0. The monoisotopic (exact) mass is 369 g/mol. The van der Waals surface area contributed by atoms with Crippen molar-refractivity contribution in [2.45, 2.75) is 57.6 Å². The molecule has 0 amide bonds. The zero-order valence-electron chi connectivity index (χ0n) is 16.3. The Morgan fingerprint density at radius 3 is 2.40 bits per heavy atom. The van der Waals surface area contributed by atoms with Crippen molar-refractivity contribution in [2.75, 3.05) is 33.0 Å². The van der Waals surface area contributed by atoms with Crippen LogP contribution in [0.2, 0.25) is 0 Å². The van der Waals surface area contributed by atoms with Gasteiger partial charge in [0.25, 0.3) is 0 Å². The van der Waals surface area contributed by atoms with Gasteiger partial charge in [-0.2, -0.15) is 0 Å². The van der Waals surface area contributed by atoms with Crippen molar-refractivity contribution >= 4 is 9.84 Å². The maximum atomic E-state index is 11.7. The molecular weight excluding hydrogens is 334 g/mol. The Balaban J connectivity index is 2.17. The summed E-state index contributed by atoms with van der Waals surface area (Å²) in [4.78, 5) is 2.11. The molecule has 0 saturated carbocycles. The molecule has 0 atom stereocenters. The molecule has 0 aromatic heterocycles. The molecule has 0 spiro atoms. The quantitative estimate of drug-likeness (QED) is 0.494. The van der Waals surface area contributed by atoms with Gasteiger partial charge in [-0.1, -0.05) is 31.4 Å². The predicted molar refractivity (Wildman–Crippen MR) is 106 cm³/mol. The second-order valence-electron chi connectivity index (χ2n) is 7.23. The van der Waals surface area contributed by atoms with Crippen LogP contribution < -0.4 is 4.74 Å². The highest BCUT2D eigenvalue weighted by molar-refractivity contribution is 7.91. The lowest BCUT2D eigenvalue weighted by Crippen LogP contribution is -2.19. The molecule has 0 bridgehead atoms. The third-order valence-electron chi connectivity index (χ3n) is 4.32. The Morgan fingerprint density at radius 1 is 1.04 bits per heavy atom. The fourth-order valence-corrected chi connectivity index (χ4v) is 3.61. The summed E-state index contributed by atoms with van der Waals surface area (Å²) in [6.07, 6.45) is 6.22. The first-order valence-electron chi connectivity index (χ1n) is 9.39. The van der Waals surface area contributed by atoms with E-state index < -0.39 is 9.84 Å². The molecule has 0 heterocycles. The summed E-state index contributed by atoms with van der Waals surface area (Å²) >= 11 is 0. The number of likely N-dealkylation sites (N-methyl/N-ethyl adjacent to an activating group) is 1. The van der Waals surface area contributed by atoms with Gasteiger partial charge in [0.2, 0.25) is 0 Å². The summed E-state index contributed by atoms with van der Waals surface area (Å²) < 4.78 is 29.2. The van der Waals surface area contributed by atoms with Gasteiger partial charge < -0.3 is 9.64 Å². The van der Waals surface area contributed by atoms with Crippen LogP contribution in [0.3, 0.4) is 0 Å². The lowest BCUT2D eigenvalue weighted by atomic mass is 10.1. The molecule has 0 aliphatic heterocycles. The van der Waals surface area contributed by atoms with E-state index in [-0.39, 0.29) is 5.25 Å². The lowest BCUT2D eigenvalue weighted by Gasteiger charge is -2.11. The van der Waals surface area contributed by atoms with E-state index >= 15 is 0 Å². The van der Waals surface area contributed by atoms with Gasteiger partial charge in [-0.05, 0) is 64.9 Å². The molecule has 0 radical (unpaired) electrons. The van der Waals surface area contributed by atoms with E-state index in [0.717, 1.165) is 50.8 Å². The first kappa shape index (κ1) is 22.0. The van der Waals surface area contributed by atoms with Gasteiger partial charge in [0.1, 0.15) is 12.4 Å². The molecule has 0 aliphatic rings. The normalized spacial score (nSPS) is 12.1. The average Bonchev–Trinajstić information content (AvgIpc) is 2.54. The van der Waals surface area contributed by atoms with Crippen LogP contribution >= 0.6 is 0 Å². The van der Waals surface area contributed by atoms with Gasteiger partial charge >= 0.3 is 0 Å². The van der Waals surface area contributed by atoms with Crippen LogP contribution in [0.1, 0.15) is 51.5 Å². The van der Waals surface area contributed by atoms with Crippen molar-refractivity contribution < 1.29 is 13.2 Å². The van der Waals surface area contributed by atoms with Gasteiger partial charge in [0.15, 0.2) is 9.84 Å². The largest absolute Gasteiger partial charge is 0.492 e. The summed E-state index contributed by atoms with van der Waals surface area (Å²) in [7, 11) is 1.21. The minimum absolute atomic E-state index is 0.250. The molecule has 1 rings (SSSR count). The van der Waals surface area contributed by atoms with Crippen molar-refractivity contribution in [3.8, 4) is 5.75 Å². The highest BCUT2D eigenvalue weighted by Gasteiger charge is 2.14. The summed E-state index contributed by atoms with van der Waals surface area (Å²) in [5.41, 5.74) is 1.31. The highest BCUT2D eigenvalue weighted by Crippen LogP contribution is 2.16. The number of sulfone groups is 1. The smallest absolute Gasteiger partial charge is 0.152 e. The molecule has 0 N–H and O–H groups in total. The molecule has 0 saturated heterocycles. The second-order valence-corrected chi connectivity index (χ2v) is 9.91. The molecular formula is C20H35NO3S. The summed E-state index contributed by atoms with van der Waals surface area (Å²) in [5.74, 6) is 1.27. The number of unbranched alkanes of at least 4 members (excludes halogenated alkanes) is 4. The zero-order valence-corrected chi connectivity index (χ0v) is 17.1. The van der Waals surface area contributed by atoms with Crippen LogP contribution in [-0.4, -0.2) is 51.6 Å². The maximum Gasteiger partial charge on any atom is 0.152 e. The number of aryl methyl sites for hydroxylation is 1. The number of hydrogen-bond acceptors (Lipinski definition) is 4. The van der Waals surface area contributed by atoms with E-state index in [1.54, 1.807) is 13.8 Å². The number of rotatable bonds is 13. The maximum absolute atomic E-state index is 11.7. The SMILES string of the molecule is CC(C)S(=O)(=O)CCCCCCCc1cccc(OCCN(C)C)c1.